The van der Waals surface area contributed by atoms with Gasteiger partial charge in [0.2, 0.25) is 0 Å². The van der Waals surface area contributed by atoms with E-state index in [9.17, 15) is 0 Å². The molecule has 0 aromatic heterocycles. The van der Waals surface area contributed by atoms with Gasteiger partial charge in [-0.1, -0.05) is 84.1 Å². The van der Waals surface area contributed by atoms with Gasteiger partial charge in [-0.2, -0.15) is 0 Å². The topological polar surface area (TPSA) is 0 Å². The summed E-state index contributed by atoms with van der Waals surface area (Å²) in [6, 6.07) is 0. The average Bonchev–Trinajstić information content (AvgIpc) is 3.02. The molecule has 158 valence electrons. The molecule has 0 unspecified atom stereocenters. The van der Waals surface area contributed by atoms with Gasteiger partial charge in [0.25, 0.3) is 0 Å². The van der Waals surface area contributed by atoms with Crippen molar-refractivity contribution in [3.05, 3.63) is 23.3 Å². The summed E-state index contributed by atoms with van der Waals surface area (Å²) < 4.78 is 0. The highest BCUT2D eigenvalue weighted by molar-refractivity contribution is 5.38. The Labute approximate surface area is 175 Å². The van der Waals surface area contributed by atoms with Crippen molar-refractivity contribution in [2.75, 3.05) is 0 Å². The van der Waals surface area contributed by atoms with E-state index in [0.29, 0.717) is 10.8 Å². The smallest absolute Gasteiger partial charge is 0.00476 e. The summed E-state index contributed by atoms with van der Waals surface area (Å²) in [7, 11) is 0. The summed E-state index contributed by atoms with van der Waals surface area (Å²) in [6.07, 6.45) is 19.6. The molecule has 3 saturated carbocycles. The Hall–Kier alpha value is -0.520. The predicted molar refractivity (Wildman–Crippen MR) is 122 cm³/mol. The standard InChI is InChI=1S/C28H46/c1-19(2)20(3)10-11-21(4)24-14-15-25-23-13-12-22-9-7-8-17-27(22,5)26(23)16-18-28(24,25)6/h12-13,19-21,24-26H,7-11,14-18H2,1-6H3/t20-,21+,24+,25-,26+,27-,28+/m0/s1. The normalized spacial score (nSPS) is 42.2. The van der Waals surface area contributed by atoms with Gasteiger partial charge < -0.3 is 0 Å². The third-order valence-corrected chi connectivity index (χ3v) is 10.5. The molecular formula is C28H46. The third kappa shape index (κ3) is 3.26. The Bertz CT molecular complexity index is 636. The Kier molecular flexibility index (Phi) is 5.65. The molecule has 0 heterocycles. The SMILES string of the molecule is CC(C)[C@@H](C)CC[C@@H](C)[C@H]1CC[C@H]2C3=CC=C4CCCC[C@]4(C)[C@@H]3CC[C@]12C. The van der Waals surface area contributed by atoms with Crippen LogP contribution in [0.1, 0.15) is 106 Å². The minimum absolute atomic E-state index is 0.500. The second-order valence-electron chi connectivity index (χ2n) is 12.1. The van der Waals surface area contributed by atoms with Crippen molar-refractivity contribution < 1.29 is 0 Å². The first-order valence-corrected chi connectivity index (χ1v) is 12.7. The minimum atomic E-state index is 0.500. The van der Waals surface area contributed by atoms with Crippen molar-refractivity contribution in [3.63, 3.8) is 0 Å². The molecule has 0 aromatic rings. The fraction of sp³-hybridized carbons (Fsp3) is 0.857. The maximum atomic E-state index is 2.69. The zero-order chi connectivity index (χ0) is 20.1. The van der Waals surface area contributed by atoms with Crippen molar-refractivity contribution in [2.24, 2.45) is 46.3 Å². The molecule has 7 atom stereocenters. The molecule has 0 radical (unpaired) electrons. The molecule has 0 N–H and O–H groups in total. The van der Waals surface area contributed by atoms with E-state index in [1.54, 1.807) is 5.57 Å². The summed E-state index contributed by atoms with van der Waals surface area (Å²) in [5.74, 6) is 5.29. The van der Waals surface area contributed by atoms with Gasteiger partial charge in [0.05, 0.1) is 0 Å². The molecule has 0 aliphatic heterocycles. The summed E-state index contributed by atoms with van der Waals surface area (Å²) in [5, 5.41) is 0. The van der Waals surface area contributed by atoms with Gasteiger partial charge >= 0.3 is 0 Å². The van der Waals surface area contributed by atoms with E-state index in [2.05, 4.69) is 53.7 Å². The van der Waals surface area contributed by atoms with E-state index in [-0.39, 0.29) is 0 Å². The van der Waals surface area contributed by atoms with Crippen LogP contribution < -0.4 is 0 Å². The summed E-state index contributed by atoms with van der Waals surface area (Å²) in [6.45, 7) is 15.2. The highest BCUT2D eigenvalue weighted by Crippen LogP contribution is 2.66. The van der Waals surface area contributed by atoms with Gasteiger partial charge in [0.15, 0.2) is 0 Å². The molecule has 0 aromatic carbocycles. The van der Waals surface area contributed by atoms with E-state index in [0.717, 1.165) is 35.5 Å². The second kappa shape index (κ2) is 7.63. The van der Waals surface area contributed by atoms with Gasteiger partial charge in [-0.05, 0) is 91.3 Å². The number of hydrogen-bond donors (Lipinski definition) is 0. The van der Waals surface area contributed by atoms with Crippen molar-refractivity contribution in [2.45, 2.75) is 106 Å². The zero-order valence-electron chi connectivity index (χ0n) is 19.7. The molecular weight excluding hydrogens is 336 g/mol. The molecule has 0 nitrogen and oxygen atoms in total. The minimum Gasteiger partial charge on any atom is -0.0637 e. The highest BCUT2D eigenvalue weighted by atomic mass is 14.6. The number of hydrogen-bond acceptors (Lipinski definition) is 0. The van der Waals surface area contributed by atoms with Crippen molar-refractivity contribution >= 4 is 0 Å². The molecule has 3 fully saturated rings. The van der Waals surface area contributed by atoms with Gasteiger partial charge in [0.1, 0.15) is 0 Å². The van der Waals surface area contributed by atoms with Gasteiger partial charge in [-0.3, -0.25) is 0 Å². The number of rotatable bonds is 5. The maximum Gasteiger partial charge on any atom is -0.00476 e. The molecule has 4 aliphatic rings. The van der Waals surface area contributed by atoms with Crippen molar-refractivity contribution in [3.8, 4) is 0 Å². The van der Waals surface area contributed by atoms with Crippen molar-refractivity contribution in [1.82, 2.24) is 0 Å². The van der Waals surface area contributed by atoms with Crippen LogP contribution in [0.4, 0.5) is 0 Å². The third-order valence-electron chi connectivity index (χ3n) is 10.5. The zero-order valence-corrected chi connectivity index (χ0v) is 19.7. The molecule has 0 spiro atoms. The molecule has 4 rings (SSSR count). The van der Waals surface area contributed by atoms with E-state index in [1.165, 1.54) is 64.2 Å². The van der Waals surface area contributed by atoms with Crippen LogP contribution in [0.15, 0.2) is 23.3 Å². The van der Waals surface area contributed by atoms with E-state index in [4.69, 9.17) is 0 Å². The molecule has 4 aliphatic carbocycles. The lowest BCUT2D eigenvalue weighted by atomic mass is 9.50. The molecule has 0 amide bonds. The van der Waals surface area contributed by atoms with Gasteiger partial charge in [-0.15, -0.1) is 0 Å². The van der Waals surface area contributed by atoms with Crippen LogP contribution in [0.2, 0.25) is 0 Å². The van der Waals surface area contributed by atoms with E-state index in [1.807, 2.05) is 5.57 Å². The highest BCUT2D eigenvalue weighted by Gasteiger charge is 2.56. The van der Waals surface area contributed by atoms with E-state index < -0.39 is 0 Å². The predicted octanol–water partition coefficient (Wildman–Crippen LogP) is 8.58. The Morgan fingerprint density at radius 3 is 2.43 bits per heavy atom. The van der Waals surface area contributed by atoms with E-state index >= 15 is 0 Å². The van der Waals surface area contributed by atoms with Crippen LogP contribution in [-0.4, -0.2) is 0 Å². The fourth-order valence-corrected chi connectivity index (χ4v) is 8.07. The first kappa shape index (κ1) is 20.7. The van der Waals surface area contributed by atoms with Crippen LogP contribution in [0.3, 0.4) is 0 Å². The van der Waals surface area contributed by atoms with Crippen molar-refractivity contribution in [1.29, 1.82) is 0 Å². The van der Waals surface area contributed by atoms with Crippen LogP contribution in [0, 0.1) is 46.3 Å². The quantitative estimate of drug-likeness (QED) is 0.446. The summed E-state index contributed by atoms with van der Waals surface area (Å²) >= 11 is 0. The largest absolute Gasteiger partial charge is 0.0637 e. The number of fused-ring (bicyclic) bond motifs is 5. The fourth-order valence-electron chi connectivity index (χ4n) is 8.07. The lowest BCUT2D eigenvalue weighted by molar-refractivity contribution is 0.0467. The number of allylic oxidation sites excluding steroid dienone is 4. The Morgan fingerprint density at radius 2 is 1.68 bits per heavy atom. The molecule has 0 saturated heterocycles. The first-order chi connectivity index (χ1) is 13.3. The second-order valence-corrected chi connectivity index (χ2v) is 12.1. The Balaban J connectivity index is 1.52. The summed E-state index contributed by atoms with van der Waals surface area (Å²) in [5.41, 5.74) is 4.74. The summed E-state index contributed by atoms with van der Waals surface area (Å²) in [4.78, 5) is 0. The average molecular weight is 383 g/mol. The first-order valence-electron chi connectivity index (χ1n) is 12.7. The van der Waals surface area contributed by atoms with Gasteiger partial charge in [0, 0.05) is 0 Å². The lowest BCUT2D eigenvalue weighted by Crippen LogP contribution is -2.45. The molecule has 0 bridgehead atoms. The Morgan fingerprint density at radius 1 is 0.893 bits per heavy atom. The van der Waals surface area contributed by atoms with Gasteiger partial charge in [-0.25, -0.2) is 0 Å². The van der Waals surface area contributed by atoms with Crippen LogP contribution in [0.25, 0.3) is 0 Å². The molecule has 0 heteroatoms. The lowest BCUT2D eigenvalue weighted by Gasteiger charge is -2.54. The maximum absolute atomic E-state index is 2.69. The van der Waals surface area contributed by atoms with Crippen LogP contribution >= 0.6 is 0 Å². The van der Waals surface area contributed by atoms with Crippen LogP contribution in [0.5, 0.6) is 0 Å². The molecule has 28 heavy (non-hydrogen) atoms. The monoisotopic (exact) mass is 382 g/mol. The van der Waals surface area contributed by atoms with Crippen LogP contribution in [-0.2, 0) is 0 Å².